The van der Waals surface area contributed by atoms with Crippen molar-refractivity contribution in [2.24, 2.45) is 9.98 Å². The zero-order chi connectivity index (χ0) is 11.4. The first-order chi connectivity index (χ1) is 7.73. The highest BCUT2D eigenvalue weighted by molar-refractivity contribution is 6.17. The monoisotopic (exact) mass is 216 g/mol. The van der Waals surface area contributed by atoms with Crippen LogP contribution in [0.25, 0.3) is 0 Å². The van der Waals surface area contributed by atoms with Crippen molar-refractivity contribution < 1.29 is 9.90 Å². The third kappa shape index (κ3) is 2.00. The number of hydrogen-bond acceptors (Lipinski definition) is 3. The summed E-state index contributed by atoms with van der Waals surface area (Å²) in [6.07, 6.45) is 3.36. The van der Waals surface area contributed by atoms with E-state index in [1.807, 2.05) is 30.3 Å². The molecule has 1 aromatic carbocycles. The van der Waals surface area contributed by atoms with E-state index in [0.717, 1.165) is 5.56 Å². The Morgan fingerprint density at radius 3 is 2.62 bits per heavy atom. The fraction of sp³-hybridized carbons (Fsp3) is 0.250. The van der Waals surface area contributed by atoms with Crippen molar-refractivity contribution >= 4 is 18.4 Å². The molecule has 0 bridgehead atoms. The standard InChI is InChI=1S/C12H12N2O2/c15-11(16)12(9-13-6-7-14-12)8-10-4-2-1-3-5-10/h1-7H,8-9H2,(H,15,16). The van der Waals surface area contributed by atoms with Crippen molar-refractivity contribution in [3.05, 3.63) is 35.9 Å². The Morgan fingerprint density at radius 2 is 2.06 bits per heavy atom. The van der Waals surface area contributed by atoms with E-state index in [4.69, 9.17) is 0 Å². The van der Waals surface area contributed by atoms with Gasteiger partial charge in [0.25, 0.3) is 0 Å². The maximum Gasteiger partial charge on any atom is 0.333 e. The number of aliphatic imine (C=N–C) groups is 2. The van der Waals surface area contributed by atoms with Gasteiger partial charge in [0, 0.05) is 18.9 Å². The van der Waals surface area contributed by atoms with Gasteiger partial charge in [0.05, 0.1) is 6.54 Å². The molecule has 0 saturated heterocycles. The summed E-state index contributed by atoms with van der Waals surface area (Å²) in [6.45, 7) is 0.202. The average molecular weight is 216 g/mol. The van der Waals surface area contributed by atoms with Crippen LogP contribution in [0.15, 0.2) is 40.3 Å². The number of carbonyl (C=O) groups is 1. The van der Waals surface area contributed by atoms with Crippen LogP contribution in [-0.2, 0) is 11.2 Å². The number of carboxylic acids is 1. The van der Waals surface area contributed by atoms with Crippen LogP contribution < -0.4 is 0 Å². The molecule has 0 spiro atoms. The van der Waals surface area contributed by atoms with Crippen molar-refractivity contribution in [1.82, 2.24) is 0 Å². The third-order valence-electron chi connectivity index (χ3n) is 2.58. The Bertz CT molecular complexity index is 440. The summed E-state index contributed by atoms with van der Waals surface area (Å²) in [7, 11) is 0. The van der Waals surface area contributed by atoms with Crippen LogP contribution >= 0.6 is 0 Å². The topological polar surface area (TPSA) is 62.0 Å². The second-order valence-corrected chi connectivity index (χ2v) is 3.77. The lowest BCUT2D eigenvalue weighted by Crippen LogP contribution is -2.43. The molecule has 4 heteroatoms. The molecule has 0 fully saturated rings. The third-order valence-corrected chi connectivity index (χ3v) is 2.58. The molecule has 82 valence electrons. The van der Waals surface area contributed by atoms with Gasteiger partial charge in [0.15, 0.2) is 5.54 Å². The molecule has 1 aromatic rings. The zero-order valence-corrected chi connectivity index (χ0v) is 8.71. The van der Waals surface area contributed by atoms with Crippen LogP contribution in [0.4, 0.5) is 0 Å². The van der Waals surface area contributed by atoms with Gasteiger partial charge in [0.1, 0.15) is 0 Å². The minimum Gasteiger partial charge on any atom is -0.479 e. The van der Waals surface area contributed by atoms with Crippen molar-refractivity contribution in [2.45, 2.75) is 12.0 Å². The quantitative estimate of drug-likeness (QED) is 0.825. The van der Waals surface area contributed by atoms with Crippen LogP contribution in [-0.4, -0.2) is 35.6 Å². The number of hydrogen-bond donors (Lipinski definition) is 1. The van der Waals surface area contributed by atoms with Crippen LogP contribution in [0.5, 0.6) is 0 Å². The number of benzene rings is 1. The number of carboxylic acid groups (broad SMARTS) is 1. The van der Waals surface area contributed by atoms with E-state index in [1.54, 1.807) is 0 Å². The van der Waals surface area contributed by atoms with E-state index in [9.17, 15) is 9.90 Å². The molecule has 0 aliphatic carbocycles. The van der Waals surface area contributed by atoms with Crippen molar-refractivity contribution in [1.29, 1.82) is 0 Å². The molecule has 2 rings (SSSR count). The second kappa shape index (κ2) is 4.26. The van der Waals surface area contributed by atoms with Gasteiger partial charge in [0.2, 0.25) is 0 Å². The van der Waals surface area contributed by atoms with Gasteiger partial charge in [-0.15, -0.1) is 0 Å². The summed E-state index contributed by atoms with van der Waals surface area (Å²) in [5, 5.41) is 9.26. The van der Waals surface area contributed by atoms with Crippen molar-refractivity contribution in [3.63, 3.8) is 0 Å². The summed E-state index contributed by atoms with van der Waals surface area (Å²) in [4.78, 5) is 19.4. The molecule has 1 aliphatic rings. The molecule has 1 aliphatic heterocycles. The first kappa shape index (κ1) is 10.5. The minimum atomic E-state index is -1.13. The molecule has 1 atom stereocenters. The molecule has 1 N–H and O–H groups in total. The molecule has 1 unspecified atom stereocenters. The Hall–Kier alpha value is -1.97. The van der Waals surface area contributed by atoms with E-state index in [1.165, 1.54) is 12.4 Å². The Balaban J connectivity index is 2.25. The maximum atomic E-state index is 11.3. The highest BCUT2D eigenvalue weighted by Crippen LogP contribution is 2.20. The Kier molecular flexibility index (Phi) is 2.81. The zero-order valence-electron chi connectivity index (χ0n) is 8.71. The van der Waals surface area contributed by atoms with E-state index in [-0.39, 0.29) is 6.54 Å². The molecule has 0 radical (unpaired) electrons. The summed E-state index contributed by atoms with van der Waals surface area (Å²) in [5.41, 5.74) is -0.171. The van der Waals surface area contributed by atoms with E-state index in [0.29, 0.717) is 6.42 Å². The van der Waals surface area contributed by atoms with E-state index < -0.39 is 11.5 Å². The number of aliphatic carboxylic acids is 1. The van der Waals surface area contributed by atoms with Gasteiger partial charge < -0.3 is 5.11 Å². The van der Waals surface area contributed by atoms with Gasteiger partial charge in [-0.3, -0.25) is 9.98 Å². The van der Waals surface area contributed by atoms with Crippen LogP contribution in [0.3, 0.4) is 0 Å². The first-order valence-electron chi connectivity index (χ1n) is 5.04. The molecule has 0 aromatic heterocycles. The summed E-state index contributed by atoms with van der Waals surface area (Å²) in [6, 6.07) is 9.48. The van der Waals surface area contributed by atoms with Gasteiger partial charge in [-0.05, 0) is 5.56 Å². The highest BCUT2D eigenvalue weighted by atomic mass is 16.4. The maximum absolute atomic E-state index is 11.3. The lowest BCUT2D eigenvalue weighted by molar-refractivity contribution is -0.142. The van der Waals surface area contributed by atoms with E-state index in [2.05, 4.69) is 9.98 Å². The number of nitrogens with zero attached hydrogens (tertiary/aromatic N) is 2. The van der Waals surface area contributed by atoms with Gasteiger partial charge in [-0.25, -0.2) is 4.79 Å². The smallest absolute Gasteiger partial charge is 0.333 e. The van der Waals surface area contributed by atoms with Crippen LogP contribution in [0.1, 0.15) is 5.56 Å². The predicted octanol–water partition coefficient (Wildman–Crippen LogP) is 1.21. The van der Waals surface area contributed by atoms with Crippen molar-refractivity contribution in [2.75, 3.05) is 6.54 Å². The molecule has 16 heavy (non-hydrogen) atoms. The van der Waals surface area contributed by atoms with Gasteiger partial charge in [-0.2, -0.15) is 0 Å². The van der Waals surface area contributed by atoms with E-state index >= 15 is 0 Å². The summed E-state index contributed by atoms with van der Waals surface area (Å²) < 4.78 is 0. The molecular weight excluding hydrogens is 204 g/mol. The average Bonchev–Trinajstić information content (AvgIpc) is 2.31. The summed E-state index contributed by atoms with van der Waals surface area (Å²) >= 11 is 0. The summed E-state index contributed by atoms with van der Waals surface area (Å²) in [5.74, 6) is -0.926. The normalized spacial score (nSPS) is 23.2. The predicted molar refractivity (Wildman–Crippen MR) is 62.4 cm³/mol. The van der Waals surface area contributed by atoms with Crippen molar-refractivity contribution in [3.8, 4) is 0 Å². The molecule has 1 heterocycles. The van der Waals surface area contributed by atoms with Crippen LogP contribution in [0, 0.1) is 0 Å². The Labute approximate surface area is 93.4 Å². The second-order valence-electron chi connectivity index (χ2n) is 3.77. The fourth-order valence-electron chi connectivity index (χ4n) is 1.70. The molecular formula is C12H12N2O2. The molecule has 0 amide bonds. The largest absolute Gasteiger partial charge is 0.479 e. The first-order valence-corrected chi connectivity index (χ1v) is 5.04. The number of rotatable bonds is 3. The lowest BCUT2D eigenvalue weighted by Gasteiger charge is -2.24. The lowest BCUT2D eigenvalue weighted by atomic mass is 9.91. The van der Waals surface area contributed by atoms with Gasteiger partial charge in [-0.1, -0.05) is 30.3 Å². The Morgan fingerprint density at radius 1 is 1.31 bits per heavy atom. The highest BCUT2D eigenvalue weighted by Gasteiger charge is 2.38. The minimum absolute atomic E-state index is 0.202. The molecule has 0 saturated carbocycles. The van der Waals surface area contributed by atoms with Crippen LogP contribution in [0.2, 0.25) is 0 Å². The SMILES string of the molecule is O=C(O)C1(Cc2ccccc2)CN=CC=N1. The molecule has 4 nitrogen and oxygen atoms in total. The van der Waals surface area contributed by atoms with Gasteiger partial charge >= 0.3 is 5.97 Å². The fourth-order valence-corrected chi connectivity index (χ4v) is 1.70.